The average molecular weight is 459 g/mol. The molecule has 174 valence electrons. The predicted octanol–water partition coefficient (Wildman–Crippen LogP) is 5.35. The summed E-state index contributed by atoms with van der Waals surface area (Å²) in [6, 6.07) is 14.3. The van der Waals surface area contributed by atoms with Gasteiger partial charge in [-0.3, -0.25) is 9.59 Å². The molecule has 0 saturated heterocycles. The molecule has 2 aromatic carbocycles. The third kappa shape index (κ3) is 7.56. The molecule has 2 aromatic rings. The average Bonchev–Trinajstić information content (AvgIpc) is 2.69. The van der Waals surface area contributed by atoms with Gasteiger partial charge in [0.25, 0.3) is 5.91 Å². The Balaban J connectivity index is 2.17. The van der Waals surface area contributed by atoms with Crippen LogP contribution in [-0.4, -0.2) is 34.9 Å². The van der Waals surface area contributed by atoms with Gasteiger partial charge in [-0.15, -0.1) is 0 Å². The zero-order chi connectivity index (χ0) is 24.1. The Kier molecular flexibility index (Phi) is 8.35. The first-order valence-corrected chi connectivity index (χ1v) is 11.2. The Labute approximate surface area is 197 Å². The molecular weight excluding hydrogens is 424 g/mol. The van der Waals surface area contributed by atoms with E-state index in [9.17, 15) is 9.59 Å². The summed E-state index contributed by atoms with van der Waals surface area (Å²) in [6.45, 7) is 13.9. The number of nitrogens with one attached hydrogen (secondary N) is 1. The van der Waals surface area contributed by atoms with Crippen LogP contribution < -0.4 is 10.1 Å². The normalized spacial score (nSPS) is 12.8. The molecule has 0 aromatic heterocycles. The van der Waals surface area contributed by atoms with Crippen molar-refractivity contribution in [2.75, 3.05) is 6.61 Å². The van der Waals surface area contributed by atoms with E-state index in [0.29, 0.717) is 10.8 Å². The highest BCUT2D eigenvalue weighted by Gasteiger charge is 2.29. The van der Waals surface area contributed by atoms with Gasteiger partial charge in [0.2, 0.25) is 5.91 Å². The number of halogens is 1. The molecule has 1 unspecified atom stereocenters. The highest BCUT2D eigenvalue weighted by atomic mass is 35.5. The fraction of sp³-hybridized carbons (Fsp3) is 0.462. The topological polar surface area (TPSA) is 58.6 Å². The van der Waals surface area contributed by atoms with E-state index in [1.54, 1.807) is 13.0 Å². The Morgan fingerprint density at radius 1 is 1.00 bits per heavy atom. The second kappa shape index (κ2) is 10.4. The number of ether oxygens (including phenoxy) is 1. The fourth-order valence-corrected chi connectivity index (χ4v) is 3.34. The lowest BCUT2D eigenvalue weighted by Crippen LogP contribution is -2.53. The lowest BCUT2D eigenvalue weighted by molar-refractivity contribution is -0.142. The van der Waals surface area contributed by atoms with Gasteiger partial charge in [-0.05, 0) is 62.4 Å². The molecule has 0 radical (unpaired) electrons. The summed E-state index contributed by atoms with van der Waals surface area (Å²) >= 11 is 6.32. The predicted molar refractivity (Wildman–Crippen MR) is 130 cm³/mol. The van der Waals surface area contributed by atoms with Gasteiger partial charge in [0, 0.05) is 17.1 Å². The molecule has 0 heterocycles. The van der Waals surface area contributed by atoms with E-state index in [1.165, 1.54) is 10.5 Å². The molecule has 0 aliphatic carbocycles. The maximum Gasteiger partial charge on any atom is 0.261 e. The third-order valence-electron chi connectivity index (χ3n) is 5.05. The summed E-state index contributed by atoms with van der Waals surface area (Å²) < 4.78 is 5.76. The molecule has 0 aliphatic heterocycles. The van der Waals surface area contributed by atoms with E-state index >= 15 is 0 Å². The van der Waals surface area contributed by atoms with Crippen LogP contribution in [0.4, 0.5) is 0 Å². The van der Waals surface area contributed by atoms with E-state index < -0.39 is 11.6 Å². The van der Waals surface area contributed by atoms with Crippen LogP contribution in [0.25, 0.3) is 0 Å². The van der Waals surface area contributed by atoms with Gasteiger partial charge in [-0.25, -0.2) is 0 Å². The van der Waals surface area contributed by atoms with Crippen molar-refractivity contribution >= 4 is 23.4 Å². The fourth-order valence-electron chi connectivity index (χ4n) is 3.15. The van der Waals surface area contributed by atoms with Crippen LogP contribution in [-0.2, 0) is 21.5 Å². The lowest BCUT2D eigenvalue weighted by atomic mass is 9.87. The zero-order valence-electron chi connectivity index (χ0n) is 20.2. The Hall–Kier alpha value is -2.53. The Bertz CT molecular complexity index is 927. The molecule has 0 aliphatic rings. The van der Waals surface area contributed by atoms with Crippen molar-refractivity contribution in [2.24, 2.45) is 0 Å². The summed E-state index contributed by atoms with van der Waals surface area (Å²) in [5.74, 6) is 0.0876. The molecule has 5 nitrogen and oxygen atoms in total. The number of benzene rings is 2. The van der Waals surface area contributed by atoms with Crippen LogP contribution in [0, 0.1) is 0 Å². The van der Waals surface area contributed by atoms with Crippen molar-refractivity contribution in [3.05, 3.63) is 64.7 Å². The molecule has 6 heteroatoms. The first-order valence-electron chi connectivity index (χ1n) is 10.9. The highest BCUT2D eigenvalue weighted by Crippen LogP contribution is 2.24. The third-order valence-corrected chi connectivity index (χ3v) is 5.42. The molecule has 0 saturated carbocycles. The van der Waals surface area contributed by atoms with Crippen molar-refractivity contribution in [1.82, 2.24) is 10.2 Å². The second-order valence-electron chi connectivity index (χ2n) is 10.1. The minimum Gasteiger partial charge on any atom is -0.484 e. The van der Waals surface area contributed by atoms with Crippen molar-refractivity contribution in [3.8, 4) is 5.75 Å². The quantitative estimate of drug-likeness (QED) is 0.608. The molecule has 0 fully saturated rings. The van der Waals surface area contributed by atoms with Crippen molar-refractivity contribution in [3.63, 3.8) is 0 Å². The van der Waals surface area contributed by atoms with Crippen molar-refractivity contribution < 1.29 is 14.3 Å². The molecule has 1 atom stereocenters. The number of amides is 2. The molecule has 32 heavy (non-hydrogen) atoms. The van der Waals surface area contributed by atoms with Crippen LogP contribution in [0.3, 0.4) is 0 Å². The van der Waals surface area contributed by atoms with Gasteiger partial charge in [0.15, 0.2) is 6.61 Å². The first kappa shape index (κ1) is 25.7. The standard InChI is InChI=1S/C26H35ClN2O3/c1-18(24(31)28-26(5,6)7)29(16-19-10-8-9-11-22(19)27)23(30)17-32-21-14-12-20(13-15-21)25(2,3)4/h8-15,18H,16-17H2,1-7H3,(H,28,31). The van der Waals surface area contributed by atoms with E-state index in [0.717, 1.165) is 5.56 Å². The van der Waals surface area contributed by atoms with Gasteiger partial charge >= 0.3 is 0 Å². The molecule has 0 spiro atoms. The molecule has 2 rings (SSSR count). The van der Waals surface area contributed by atoms with Crippen LogP contribution in [0.2, 0.25) is 5.02 Å². The van der Waals surface area contributed by atoms with Crippen LogP contribution in [0.15, 0.2) is 48.5 Å². The SMILES string of the molecule is CC(C(=O)NC(C)(C)C)N(Cc1ccccc1Cl)C(=O)COc1ccc(C(C)(C)C)cc1. The maximum absolute atomic E-state index is 13.1. The smallest absolute Gasteiger partial charge is 0.261 e. The maximum atomic E-state index is 13.1. The van der Waals surface area contributed by atoms with Gasteiger partial charge in [-0.1, -0.05) is 62.7 Å². The lowest BCUT2D eigenvalue weighted by Gasteiger charge is -2.31. The summed E-state index contributed by atoms with van der Waals surface area (Å²) in [5, 5.41) is 3.49. The van der Waals surface area contributed by atoms with Crippen LogP contribution >= 0.6 is 11.6 Å². The largest absolute Gasteiger partial charge is 0.484 e. The van der Waals surface area contributed by atoms with Crippen LogP contribution in [0.5, 0.6) is 5.75 Å². The molecule has 1 N–H and O–H groups in total. The Morgan fingerprint density at radius 2 is 1.59 bits per heavy atom. The summed E-state index contributed by atoms with van der Waals surface area (Å²) in [5.41, 5.74) is 1.59. The number of nitrogens with zero attached hydrogens (tertiary/aromatic N) is 1. The number of hydrogen-bond donors (Lipinski definition) is 1. The van der Waals surface area contributed by atoms with E-state index in [-0.39, 0.29) is 30.4 Å². The number of carbonyl (C=O) groups excluding carboxylic acids is 2. The first-order chi connectivity index (χ1) is 14.8. The number of rotatable bonds is 7. The summed E-state index contributed by atoms with van der Waals surface area (Å²) in [7, 11) is 0. The minimum absolute atomic E-state index is 0.0376. The van der Waals surface area contributed by atoms with Crippen molar-refractivity contribution in [1.29, 1.82) is 0 Å². The monoisotopic (exact) mass is 458 g/mol. The Morgan fingerprint density at radius 3 is 2.12 bits per heavy atom. The number of hydrogen-bond acceptors (Lipinski definition) is 3. The van der Waals surface area contributed by atoms with Gasteiger partial charge in [-0.2, -0.15) is 0 Å². The molecule has 0 bridgehead atoms. The highest BCUT2D eigenvalue weighted by molar-refractivity contribution is 6.31. The molecule has 2 amide bonds. The van der Waals surface area contributed by atoms with E-state index in [4.69, 9.17) is 16.3 Å². The summed E-state index contributed by atoms with van der Waals surface area (Å²) in [4.78, 5) is 27.5. The van der Waals surface area contributed by atoms with E-state index in [2.05, 4.69) is 26.1 Å². The van der Waals surface area contributed by atoms with Crippen molar-refractivity contribution in [2.45, 2.75) is 72.0 Å². The molecular formula is C26H35ClN2O3. The van der Waals surface area contributed by atoms with Gasteiger partial charge in [0.05, 0.1) is 0 Å². The van der Waals surface area contributed by atoms with Crippen LogP contribution in [0.1, 0.15) is 59.6 Å². The number of carbonyl (C=O) groups is 2. The summed E-state index contributed by atoms with van der Waals surface area (Å²) in [6.07, 6.45) is 0. The zero-order valence-corrected chi connectivity index (χ0v) is 20.9. The van der Waals surface area contributed by atoms with Gasteiger partial charge < -0.3 is 15.0 Å². The van der Waals surface area contributed by atoms with Gasteiger partial charge in [0.1, 0.15) is 11.8 Å². The van der Waals surface area contributed by atoms with E-state index in [1.807, 2.05) is 63.2 Å². The minimum atomic E-state index is -0.690. The second-order valence-corrected chi connectivity index (χ2v) is 10.5.